The van der Waals surface area contributed by atoms with Gasteiger partial charge in [-0.2, -0.15) is 0 Å². The van der Waals surface area contributed by atoms with Gasteiger partial charge in [0.1, 0.15) is 0 Å². The van der Waals surface area contributed by atoms with E-state index in [4.69, 9.17) is 11.6 Å². The SMILES string of the molecule is CC(C)CC(C)(C)C(C)C(C)(C)Cl. The third-order valence-corrected chi connectivity index (χ3v) is 3.46. The largest absolute Gasteiger partial charge is 0.120 e. The molecule has 0 heterocycles. The maximum atomic E-state index is 6.35. The van der Waals surface area contributed by atoms with Crippen molar-refractivity contribution in [2.24, 2.45) is 17.3 Å². The van der Waals surface area contributed by atoms with E-state index in [2.05, 4.69) is 48.5 Å². The molecule has 13 heavy (non-hydrogen) atoms. The lowest BCUT2D eigenvalue weighted by Crippen LogP contribution is -2.36. The van der Waals surface area contributed by atoms with E-state index in [1.165, 1.54) is 6.42 Å². The molecule has 1 heteroatoms. The Hall–Kier alpha value is 0.290. The van der Waals surface area contributed by atoms with Gasteiger partial charge in [-0.05, 0) is 37.5 Å². The minimum absolute atomic E-state index is 0.0988. The number of rotatable bonds is 4. The molecule has 0 radical (unpaired) electrons. The molecular formula is C12H25Cl. The van der Waals surface area contributed by atoms with E-state index in [1.807, 2.05) is 0 Å². The van der Waals surface area contributed by atoms with Crippen molar-refractivity contribution in [2.45, 2.75) is 59.8 Å². The fourth-order valence-corrected chi connectivity index (χ4v) is 2.45. The first-order chi connectivity index (χ1) is 5.57. The number of hydrogen-bond acceptors (Lipinski definition) is 0. The topological polar surface area (TPSA) is 0 Å². The first-order valence-electron chi connectivity index (χ1n) is 5.26. The van der Waals surface area contributed by atoms with E-state index in [0.717, 1.165) is 5.92 Å². The van der Waals surface area contributed by atoms with Crippen molar-refractivity contribution in [1.29, 1.82) is 0 Å². The highest BCUT2D eigenvalue weighted by molar-refractivity contribution is 6.23. The van der Waals surface area contributed by atoms with Gasteiger partial charge in [-0.25, -0.2) is 0 Å². The van der Waals surface area contributed by atoms with Crippen LogP contribution in [0.5, 0.6) is 0 Å². The van der Waals surface area contributed by atoms with Gasteiger partial charge in [0.2, 0.25) is 0 Å². The van der Waals surface area contributed by atoms with Gasteiger partial charge in [0.25, 0.3) is 0 Å². The lowest BCUT2D eigenvalue weighted by atomic mass is 9.69. The van der Waals surface area contributed by atoms with E-state index in [0.29, 0.717) is 11.3 Å². The van der Waals surface area contributed by atoms with Crippen molar-refractivity contribution in [2.75, 3.05) is 0 Å². The third-order valence-electron chi connectivity index (χ3n) is 3.14. The molecule has 0 saturated carbocycles. The summed E-state index contributed by atoms with van der Waals surface area (Å²) < 4.78 is 0. The van der Waals surface area contributed by atoms with Crippen molar-refractivity contribution < 1.29 is 0 Å². The molecule has 0 rings (SSSR count). The lowest BCUT2D eigenvalue weighted by molar-refractivity contribution is 0.153. The van der Waals surface area contributed by atoms with Crippen LogP contribution in [-0.4, -0.2) is 4.87 Å². The van der Waals surface area contributed by atoms with Crippen LogP contribution in [0.1, 0.15) is 54.9 Å². The van der Waals surface area contributed by atoms with Gasteiger partial charge in [-0.1, -0.05) is 34.6 Å². The first-order valence-corrected chi connectivity index (χ1v) is 5.64. The van der Waals surface area contributed by atoms with Crippen LogP contribution in [0.25, 0.3) is 0 Å². The van der Waals surface area contributed by atoms with Crippen molar-refractivity contribution in [3.05, 3.63) is 0 Å². The van der Waals surface area contributed by atoms with Crippen LogP contribution in [0.2, 0.25) is 0 Å². The average Bonchev–Trinajstić information content (AvgIpc) is 1.80. The Morgan fingerprint density at radius 3 is 1.62 bits per heavy atom. The molecule has 0 aliphatic carbocycles. The Morgan fingerprint density at radius 1 is 1.00 bits per heavy atom. The average molecular weight is 205 g/mol. The summed E-state index contributed by atoms with van der Waals surface area (Å²) in [6, 6.07) is 0. The summed E-state index contributed by atoms with van der Waals surface area (Å²) in [5.41, 5.74) is 0.333. The zero-order chi connectivity index (χ0) is 10.9. The molecule has 0 aliphatic rings. The lowest BCUT2D eigenvalue weighted by Gasteiger charge is -2.40. The van der Waals surface area contributed by atoms with Crippen LogP contribution >= 0.6 is 11.6 Å². The molecule has 0 aromatic rings. The van der Waals surface area contributed by atoms with E-state index in [-0.39, 0.29) is 4.87 Å². The fourth-order valence-electron chi connectivity index (χ4n) is 2.16. The summed E-state index contributed by atoms with van der Waals surface area (Å²) in [7, 11) is 0. The predicted octanol–water partition coefficient (Wildman–Crippen LogP) is 4.71. The molecule has 0 N–H and O–H groups in total. The highest BCUT2D eigenvalue weighted by atomic mass is 35.5. The van der Waals surface area contributed by atoms with Gasteiger partial charge in [-0.15, -0.1) is 11.6 Å². The van der Waals surface area contributed by atoms with Gasteiger partial charge in [0.05, 0.1) is 0 Å². The molecule has 0 amide bonds. The summed E-state index contributed by atoms with van der Waals surface area (Å²) >= 11 is 6.35. The molecule has 1 atom stereocenters. The fraction of sp³-hybridized carbons (Fsp3) is 1.00. The van der Waals surface area contributed by atoms with E-state index in [9.17, 15) is 0 Å². The maximum Gasteiger partial charge on any atom is 0.0421 e. The summed E-state index contributed by atoms with van der Waals surface area (Å²) in [5, 5.41) is 0. The summed E-state index contributed by atoms with van der Waals surface area (Å²) in [6.07, 6.45) is 1.24. The van der Waals surface area contributed by atoms with E-state index < -0.39 is 0 Å². The van der Waals surface area contributed by atoms with Crippen LogP contribution in [-0.2, 0) is 0 Å². The second-order valence-electron chi connectivity index (χ2n) is 5.87. The third kappa shape index (κ3) is 4.35. The van der Waals surface area contributed by atoms with Gasteiger partial charge in [0.15, 0.2) is 0 Å². The molecule has 0 fully saturated rings. The first kappa shape index (κ1) is 13.3. The normalized spacial score (nSPS) is 16.4. The highest BCUT2D eigenvalue weighted by Gasteiger charge is 2.36. The second-order valence-corrected chi connectivity index (χ2v) is 6.85. The van der Waals surface area contributed by atoms with Gasteiger partial charge < -0.3 is 0 Å². The highest BCUT2D eigenvalue weighted by Crippen LogP contribution is 2.42. The van der Waals surface area contributed by atoms with Crippen molar-refractivity contribution in [3.63, 3.8) is 0 Å². The molecule has 1 unspecified atom stereocenters. The Labute approximate surface area is 89.1 Å². The smallest absolute Gasteiger partial charge is 0.0421 e. The standard InChI is InChI=1S/C12H25Cl/c1-9(2)8-11(4,5)10(3)12(6,7)13/h9-10H,8H2,1-7H3. The molecule has 0 bridgehead atoms. The Balaban J connectivity index is 4.45. The molecule has 0 aromatic heterocycles. The van der Waals surface area contributed by atoms with Crippen molar-refractivity contribution in [3.8, 4) is 0 Å². The minimum Gasteiger partial charge on any atom is -0.120 e. The van der Waals surface area contributed by atoms with Crippen LogP contribution in [0.15, 0.2) is 0 Å². The number of alkyl halides is 1. The van der Waals surface area contributed by atoms with Crippen LogP contribution < -0.4 is 0 Å². The Morgan fingerprint density at radius 2 is 1.38 bits per heavy atom. The molecule has 0 nitrogen and oxygen atoms in total. The predicted molar refractivity (Wildman–Crippen MR) is 62.3 cm³/mol. The minimum atomic E-state index is -0.0988. The molecular weight excluding hydrogens is 180 g/mol. The molecule has 80 valence electrons. The quantitative estimate of drug-likeness (QED) is 0.582. The maximum absolute atomic E-state index is 6.35. The van der Waals surface area contributed by atoms with Crippen LogP contribution in [0, 0.1) is 17.3 Å². The van der Waals surface area contributed by atoms with Crippen LogP contribution in [0.4, 0.5) is 0 Å². The van der Waals surface area contributed by atoms with Crippen LogP contribution in [0.3, 0.4) is 0 Å². The summed E-state index contributed by atoms with van der Waals surface area (Å²) in [6.45, 7) is 15.7. The van der Waals surface area contributed by atoms with E-state index in [1.54, 1.807) is 0 Å². The monoisotopic (exact) mass is 204 g/mol. The Bertz CT molecular complexity index is 151. The summed E-state index contributed by atoms with van der Waals surface area (Å²) in [4.78, 5) is -0.0988. The molecule has 0 saturated heterocycles. The van der Waals surface area contributed by atoms with Crippen molar-refractivity contribution >= 4 is 11.6 Å². The second kappa shape index (κ2) is 4.21. The van der Waals surface area contributed by atoms with E-state index >= 15 is 0 Å². The molecule has 0 aromatic carbocycles. The van der Waals surface area contributed by atoms with Crippen molar-refractivity contribution in [1.82, 2.24) is 0 Å². The zero-order valence-corrected chi connectivity index (χ0v) is 11.0. The Kier molecular flexibility index (Phi) is 4.30. The van der Waals surface area contributed by atoms with Gasteiger partial charge >= 0.3 is 0 Å². The number of hydrogen-bond donors (Lipinski definition) is 0. The summed E-state index contributed by atoms with van der Waals surface area (Å²) in [5.74, 6) is 1.28. The zero-order valence-electron chi connectivity index (χ0n) is 10.2. The molecule has 0 spiro atoms. The van der Waals surface area contributed by atoms with Gasteiger partial charge in [-0.3, -0.25) is 0 Å². The molecule has 0 aliphatic heterocycles. The number of halogens is 1. The van der Waals surface area contributed by atoms with Gasteiger partial charge in [0, 0.05) is 4.87 Å².